The topological polar surface area (TPSA) is 39.1 Å². The molecule has 102 valence electrons. The number of hydrogen-bond acceptors (Lipinski definition) is 3. The van der Waals surface area contributed by atoms with Gasteiger partial charge in [0.2, 0.25) is 0 Å². The predicted octanol–water partition coefficient (Wildman–Crippen LogP) is 2.34. The fourth-order valence-electron chi connectivity index (χ4n) is 2.45. The summed E-state index contributed by atoms with van der Waals surface area (Å²) in [6.45, 7) is 1.38. The molecule has 0 radical (unpaired) electrons. The van der Waals surface area contributed by atoms with Gasteiger partial charge in [0.25, 0.3) is 0 Å². The smallest absolute Gasteiger partial charge is 0.0762 e. The summed E-state index contributed by atoms with van der Waals surface area (Å²) in [7, 11) is 1.69. The van der Waals surface area contributed by atoms with Crippen molar-refractivity contribution in [2.45, 2.75) is 44.3 Å². The molecule has 0 saturated heterocycles. The van der Waals surface area contributed by atoms with Gasteiger partial charge in [-0.25, -0.2) is 0 Å². The van der Waals surface area contributed by atoms with Crippen LogP contribution in [0.25, 0.3) is 0 Å². The van der Waals surface area contributed by atoms with Gasteiger partial charge >= 0.3 is 0 Å². The van der Waals surface area contributed by atoms with Crippen LogP contribution in [0.2, 0.25) is 0 Å². The number of nitrogens with one attached hydrogen (secondary N) is 1. The van der Waals surface area contributed by atoms with Crippen LogP contribution in [0.3, 0.4) is 0 Å². The molecular formula is C13H22ClN3O. The third kappa shape index (κ3) is 3.70. The number of hydrogen-bond donors (Lipinski definition) is 1. The Balaban J connectivity index is 1.82. The zero-order chi connectivity index (χ0) is 12.8. The summed E-state index contributed by atoms with van der Waals surface area (Å²) in [5, 5.41) is 7.99. The summed E-state index contributed by atoms with van der Waals surface area (Å²) in [6.07, 6.45) is 7.30. The van der Waals surface area contributed by atoms with E-state index in [4.69, 9.17) is 16.3 Å². The van der Waals surface area contributed by atoms with Crippen LogP contribution >= 0.6 is 11.6 Å². The van der Waals surface area contributed by atoms with E-state index in [2.05, 4.69) is 27.4 Å². The van der Waals surface area contributed by atoms with E-state index in [1.54, 1.807) is 7.11 Å². The van der Waals surface area contributed by atoms with E-state index >= 15 is 0 Å². The minimum atomic E-state index is 0.188. The quantitative estimate of drug-likeness (QED) is 0.774. The van der Waals surface area contributed by atoms with Crippen molar-refractivity contribution in [2.75, 3.05) is 19.6 Å². The Bertz CT molecular complexity index is 350. The first-order valence-corrected chi connectivity index (χ1v) is 7.19. The first-order valence-electron chi connectivity index (χ1n) is 6.65. The highest BCUT2D eigenvalue weighted by Crippen LogP contribution is 2.28. The van der Waals surface area contributed by atoms with Crippen molar-refractivity contribution in [3.8, 4) is 0 Å². The fraction of sp³-hybridized carbons (Fsp3) is 0.769. The lowest BCUT2D eigenvalue weighted by atomic mass is 10.3. The first-order chi connectivity index (χ1) is 8.83. The molecule has 5 heteroatoms. The predicted molar refractivity (Wildman–Crippen MR) is 73.0 cm³/mol. The second kappa shape index (κ2) is 7.12. The molecule has 1 atom stereocenters. The number of alkyl halides is 1. The summed E-state index contributed by atoms with van der Waals surface area (Å²) in [5.74, 6) is 0.553. The normalized spacial score (nSPS) is 18.3. The van der Waals surface area contributed by atoms with Crippen molar-refractivity contribution in [3.05, 3.63) is 18.0 Å². The molecule has 0 amide bonds. The third-order valence-corrected chi connectivity index (χ3v) is 3.86. The fourth-order valence-corrected chi connectivity index (χ4v) is 2.65. The van der Waals surface area contributed by atoms with Gasteiger partial charge in [0.1, 0.15) is 0 Å². The van der Waals surface area contributed by atoms with Crippen LogP contribution in [0.5, 0.6) is 0 Å². The van der Waals surface area contributed by atoms with Crippen molar-refractivity contribution in [1.29, 1.82) is 0 Å². The molecule has 1 saturated carbocycles. The van der Waals surface area contributed by atoms with Crippen molar-refractivity contribution >= 4 is 11.6 Å². The number of ether oxygens (including phenoxy) is 1. The van der Waals surface area contributed by atoms with Gasteiger partial charge in [-0.15, -0.1) is 11.6 Å². The van der Waals surface area contributed by atoms with Crippen molar-refractivity contribution < 1.29 is 4.74 Å². The Morgan fingerprint density at radius 1 is 1.56 bits per heavy atom. The molecule has 2 rings (SSSR count). The molecule has 1 heterocycles. The van der Waals surface area contributed by atoms with E-state index in [9.17, 15) is 0 Å². The molecule has 0 aliphatic heterocycles. The van der Waals surface area contributed by atoms with Crippen LogP contribution in [-0.2, 0) is 11.3 Å². The van der Waals surface area contributed by atoms with Crippen LogP contribution in [0.1, 0.15) is 37.4 Å². The molecule has 1 aromatic rings. The van der Waals surface area contributed by atoms with E-state index in [-0.39, 0.29) is 6.04 Å². The van der Waals surface area contributed by atoms with Gasteiger partial charge in [0, 0.05) is 31.8 Å². The summed E-state index contributed by atoms with van der Waals surface area (Å²) in [5.41, 5.74) is 1.08. The zero-order valence-electron chi connectivity index (χ0n) is 10.9. The molecule has 1 aliphatic rings. The minimum absolute atomic E-state index is 0.188. The van der Waals surface area contributed by atoms with Gasteiger partial charge in [0.15, 0.2) is 0 Å². The van der Waals surface area contributed by atoms with E-state index < -0.39 is 0 Å². The SMILES string of the molecule is COCC(CCl)NCc1ccn(C2CCCC2)n1. The Morgan fingerprint density at radius 3 is 3.00 bits per heavy atom. The molecule has 1 fully saturated rings. The molecule has 4 nitrogen and oxygen atoms in total. The maximum absolute atomic E-state index is 5.85. The highest BCUT2D eigenvalue weighted by Gasteiger charge is 2.17. The summed E-state index contributed by atoms with van der Waals surface area (Å²) in [4.78, 5) is 0. The maximum Gasteiger partial charge on any atom is 0.0762 e. The van der Waals surface area contributed by atoms with Crippen LogP contribution in [-0.4, -0.2) is 35.4 Å². The molecule has 1 unspecified atom stereocenters. The third-order valence-electron chi connectivity index (χ3n) is 3.49. The molecule has 0 bridgehead atoms. The Labute approximate surface area is 114 Å². The van der Waals surface area contributed by atoms with Gasteiger partial charge < -0.3 is 10.1 Å². The van der Waals surface area contributed by atoms with Crippen molar-refractivity contribution in [1.82, 2.24) is 15.1 Å². The number of nitrogens with zero attached hydrogens (tertiary/aromatic N) is 2. The minimum Gasteiger partial charge on any atom is -0.383 e. The Hall–Kier alpha value is -0.580. The summed E-state index contributed by atoms with van der Waals surface area (Å²) in [6, 6.07) is 2.89. The molecule has 1 aromatic heterocycles. The van der Waals surface area contributed by atoms with Crippen LogP contribution in [0, 0.1) is 0 Å². The molecule has 0 spiro atoms. The van der Waals surface area contributed by atoms with E-state index in [0.717, 1.165) is 12.2 Å². The van der Waals surface area contributed by atoms with Gasteiger partial charge in [0.05, 0.1) is 18.3 Å². The Kier molecular flexibility index (Phi) is 5.47. The van der Waals surface area contributed by atoms with Crippen LogP contribution < -0.4 is 5.32 Å². The highest BCUT2D eigenvalue weighted by molar-refractivity contribution is 6.18. The lowest BCUT2D eigenvalue weighted by molar-refractivity contribution is 0.172. The molecule has 1 aliphatic carbocycles. The van der Waals surface area contributed by atoms with Crippen LogP contribution in [0.15, 0.2) is 12.3 Å². The number of rotatable bonds is 7. The van der Waals surface area contributed by atoms with Crippen LogP contribution in [0.4, 0.5) is 0 Å². The Morgan fingerprint density at radius 2 is 2.33 bits per heavy atom. The monoisotopic (exact) mass is 271 g/mol. The van der Waals surface area contributed by atoms with Crippen molar-refractivity contribution in [2.24, 2.45) is 0 Å². The first kappa shape index (κ1) is 13.8. The standard InChI is InChI=1S/C13H22ClN3O/c1-18-10-12(8-14)15-9-11-6-7-17(16-11)13-4-2-3-5-13/h6-7,12-13,15H,2-5,8-10H2,1H3. The number of halogens is 1. The van der Waals surface area contributed by atoms with Gasteiger partial charge in [-0.3, -0.25) is 4.68 Å². The second-order valence-electron chi connectivity index (χ2n) is 4.91. The zero-order valence-corrected chi connectivity index (χ0v) is 11.7. The largest absolute Gasteiger partial charge is 0.383 e. The average molecular weight is 272 g/mol. The lowest BCUT2D eigenvalue weighted by Crippen LogP contribution is -2.34. The summed E-state index contributed by atoms with van der Waals surface area (Å²) >= 11 is 5.85. The van der Waals surface area contributed by atoms with E-state index in [1.165, 1.54) is 25.7 Å². The number of aromatic nitrogens is 2. The molecule has 18 heavy (non-hydrogen) atoms. The van der Waals surface area contributed by atoms with Crippen molar-refractivity contribution in [3.63, 3.8) is 0 Å². The maximum atomic E-state index is 5.85. The molecular weight excluding hydrogens is 250 g/mol. The van der Waals surface area contributed by atoms with Gasteiger partial charge in [-0.05, 0) is 18.9 Å². The number of methoxy groups -OCH3 is 1. The molecule has 0 aromatic carbocycles. The van der Waals surface area contributed by atoms with E-state index in [1.807, 2.05) is 0 Å². The average Bonchev–Trinajstić information content (AvgIpc) is 3.04. The highest BCUT2D eigenvalue weighted by atomic mass is 35.5. The molecule has 1 N–H and O–H groups in total. The van der Waals surface area contributed by atoms with Gasteiger partial charge in [-0.1, -0.05) is 12.8 Å². The lowest BCUT2D eigenvalue weighted by Gasteiger charge is -2.14. The van der Waals surface area contributed by atoms with Gasteiger partial charge in [-0.2, -0.15) is 5.10 Å². The van der Waals surface area contributed by atoms with E-state index in [0.29, 0.717) is 18.5 Å². The summed E-state index contributed by atoms with van der Waals surface area (Å²) < 4.78 is 7.22. The second-order valence-corrected chi connectivity index (χ2v) is 5.22.